The number of phenolic OH excluding ortho intramolecular Hbond substituents is 1. The zero-order valence-electron chi connectivity index (χ0n) is 15.5. The number of hydrogen-bond donors (Lipinski definition) is 4. The van der Waals surface area contributed by atoms with E-state index < -0.39 is 5.54 Å². The SMILES string of the molecule is C=CC(=O)N1C2CCC1(c1cc(/C=C(\N)c3ccccc3O)c(N)[nH]1)COC2. The lowest BCUT2D eigenvalue weighted by Crippen LogP contribution is -2.55. The molecule has 2 aliphatic rings. The number of nitrogens with two attached hydrogens (primary N) is 2. The maximum atomic E-state index is 12.5. The number of nitrogens with zero attached hydrogens (tertiary/aromatic N) is 1. The van der Waals surface area contributed by atoms with Crippen molar-refractivity contribution in [1.29, 1.82) is 0 Å². The lowest BCUT2D eigenvalue weighted by molar-refractivity contribution is -0.145. The van der Waals surface area contributed by atoms with Crippen LogP contribution in [-0.2, 0) is 15.1 Å². The van der Waals surface area contributed by atoms with Crippen molar-refractivity contribution in [2.45, 2.75) is 24.4 Å². The second-order valence-electron chi connectivity index (χ2n) is 7.32. The molecule has 3 heterocycles. The Hall–Kier alpha value is -3.19. The van der Waals surface area contributed by atoms with Gasteiger partial charge < -0.3 is 31.2 Å². The number of phenols is 1. The van der Waals surface area contributed by atoms with Gasteiger partial charge in [0.05, 0.1) is 19.3 Å². The van der Waals surface area contributed by atoms with E-state index in [4.69, 9.17) is 16.2 Å². The second kappa shape index (κ2) is 6.76. The average Bonchev–Trinajstić information content (AvgIpc) is 3.16. The first-order chi connectivity index (χ1) is 13.5. The molecule has 1 aromatic heterocycles. The molecule has 2 atom stereocenters. The predicted octanol–water partition coefficient (Wildman–Crippen LogP) is 2.16. The van der Waals surface area contributed by atoms with Crippen molar-refractivity contribution >= 4 is 23.5 Å². The zero-order chi connectivity index (χ0) is 19.9. The van der Waals surface area contributed by atoms with E-state index in [0.717, 1.165) is 18.5 Å². The summed E-state index contributed by atoms with van der Waals surface area (Å²) in [6.07, 6.45) is 4.72. The van der Waals surface area contributed by atoms with E-state index in [1.54, 1.807) is 30.3 Å². The number of nitrogens with one attached hydrogen (secondary N) is 1. The normalized spacial score (nSPS) is 24.4. The topological polar surface area (TPSA) is 118 Å². The van der Waals surface area contributed by atoms with Crippen LogP contribution in [0.15, 0.2) is 43.0 Å². The number of aromatic amines is 1. The minimum Gasteiger partial charge on any atom is -0.507 e. The van der Waals surface area contributed by atoms with Crippen molar-refractivity contribution in [2.24, 2.45) is 5.73 Å². The summed E-state index contributed by atoms with van der Waals surface area (Å²) >= 11 is 0. The number of hydrogen-bond acceptors (Lipinski definition) is 5. The fourth-order valence-electron chi connectivity index (χ4n) is 4.32. The summed E-state index contributed by atoms with van der Waals surface area (Å²) in [4.78, 5) is 17.6. The van der Waals surface area contributed by atoms with Gasteiger partial charge in [-0.05, 0) is 43.2 Å². The van der Waals surface area contributed by atoms with Crippen LogP contribution in [0, 0.1) is 0 Å². The van der Waals surface area contributed by atoms with Gasteiger partial charge in [-0.15, -0.1) is 0 Å². The number of carbonyl (C=O) groups excluding carboxylic acids is 1. The van der Waals surface area contributed by atoms with Crippen molar-refractivity contribution in [2.75, 3.05) is 18.9 Å². The average molecular weight is 380 g/mol. The van der Waals surface area contributed by atoms with Crippen LogP contribution < -0.4 is 11.5 Å². The van der Waals surface area contributed by atoms with Crippen LogP contribution in [0.2, 0.25) is 0 Å². The summed E-state index contributed by atoms with van der Waals surface area (Å²) in [5.41, 5.74) is 14.3. The van der Waals surface area contributed by atoms with Gasteiger partial charge in [0.15, 0.2) is 0 Å². The van der Waals surface area contributed by atoms with Crippen LogP contribution >= 0.6 is 0 Å². The quantitative estimate of drug-likeness (QED) is 0.606. The standard InChI is InChI=1S/C21H24N4O3/c1-2-19(27)25-14-7-8-21(25,12-28-11-14)18-10-13(20(23)24-18)9-16(22)15-5-3-4-6-17(15)26/h2-6,9-10,14,24,26H,1,7-8,11-12,22-23H2/b16-9-. The fraction of sp³-hybridized carbons (Fsp3) is 0.286. The van der Waals surface area contributed by atoms with Gasteiger partial charge in [-0.1, -0.05) is 18.7 Å². The molecular formula is C21H24N4O3. The molecule has 0 spiro atoms. The van der Waals surface area contributed by atoms with E-state index >= 15 is 0 Å². The van der Waals surface area contributed by atoms with Crippen LogP contribution in [0.4, 0.5) is 5.82 Å². The van der Waals surface area contributed by atoms with E-state index in [-0.39, 0.29) is 17.7 Å². The van der Waals surface area contributed by atoms with Crippen LogP contribution in [0.1, 0.15) is 29.7 Å². The van der Waals surface area contributed by atoms with Gasteiger partial charge in [0.25, 0.3) is 0 Å². The molecule has 0 aliphatic carbocycles. The number of benzene rings is 1. The Morgan fingerprint density at radius 2 is 2.21 bits per heavy atom. The highest BCUT2D eigenvalue weighted by Gasteiger charge is 2.53. The molecule has 7 nitrogen and oxygen atoms in total. The first-order valence-corrected chi connectivity index (χ1v) is 9.24. The van der Waals surface area contributed by atoms with Gasteiger partial charge in [0.1, 0.15) is 17.1 Å². The molecule has 2 aliphatic heterocycles. The summed E-state index contributed by atoms with van der Waals surface area (Å²) in [5, 5.41) is 10.0. The third-order valence-corrected chi connectivity index (χ3v) is 5.69. The minimum absolute atomic E-state index is 0.0362. The van der Waals surface area contributed by atoms with E-state index in [2.05, 4.69) is 11.6 Å². The number of fused-ring (bicyclic) bond motifs is 2. The van der Waals surface area contributed by atoms with Gasteiger partial charge in [-0.25, -0.2) is 0 Å². The van der Waals surface area contributed by atoms with Crippen molar-refractivity contribution in [1.82, 2.24) is 9.88 Å². The molecule has 28 heavy (non-hydrogen) atoms. The number of rotatable bonds is 4. The van der Waals surface area contributed by atoms with E-state index in [9.17, 15) is 9.90 Å². The first kappa shape index (κ1) is 18.2. The number of nitrogen functional groups attached to an aromatic ring is 1. The van der Waals surface area contributed by atoms with Crippen molar-refractivity contribution in [3.05, 3.63) is 59.8 Å². The lowest BCUT2D eigenvalue weighted by Gasteiger charge is -2.43. The summed E-state index contributed by atoms with van der Waals surface area (Å²) in [6, 6.07) is 8.80. The number of morpholine rings is 1. The molecule has 6 N–H and O–H groups in total. The minimum atomic E-state index is -0.585. The molecule has 146 valence electrons. The second-order valence-corrected chi connectivity index (χ2v) is 7.32. The highest BCUT2D eigenvalue weighted by Crippen LogP contribution is 2.46. The molecule has 1 amide bonds. The number of amides is 1. The number of carbonyl (C=O) groups is 1. The number of para-hydroxylation sites is 1. The van der Waals surface area contributed by atoms with Gasteiger partial charge in [0, 0.05) is 22.5 Å². The maximum Gasteiger partial charge on any atom is 0.247 e. The highest BCUT2D eigenvalue weighted by molar-refractivity contribution is 5.89. The van der Waals surface area contributed by atoms with Crippen molar-refractivity contribution in [3.63, 3.8) is 0 Å². The van der Waals surface area contributed by atoms with Gasteiger partial charge in [-0.3, -0.25) is 4.79 Å². The zero-order valence-corrected chi connectivity index (χ0v) is 15.5. The molecular weight excluding hydrogens is 356 g/mol. The highest BCUT2D eigenvalue weighted by atomic mass is 16.5. The summed E-state index contributed by atoms with van der Waals surface area (Å²) in [7, 11) is 0. The predicted molar refractivity (Wildman–Crippen MR) is 108 cm³/mol. The Kier molecular flexibility index (Phi) is 4.39. The smallest absolute Gasteiger partial charge is 0.247 e. The molecule has 7 heteroatoms. The van der Waals surface area contributed by atoms with Crippen LogP contribution in [0.25, 0.3) is 11.8 Å². The Morgan fingerprint density at radius 3 is 2.96 bits per heavy atom. The van der Waals surface area contributed by atoms with E-state index in [1.165, 1.54) is 6.08 Å². The Bertz CT molecular complexity index is 960. The molecule has 2 saturated heterocycles. The lowest BCUT2D eigenvalue weighted by atomic mass is 9.92. The number of H-pyrrole nitrogens is 1. The summed E-state index contributed by atoms with van der Waals surface area (Å²) in [6.45, 7) is 4.58. The number of anilines is 1. The van der Waals surface area contributed by atoms with Gasteiger partial charge in [-0.2, -0.15) is 0 Å². The Labute approximate surface area is 163 Å². The Balaban J connectivity index is 1.73. The third-order valence-electron chi connectivity index (χ3n) is 5.69. The molecule has 1 aromatic carbocycles. The first-order valence-electron chi connectivity index (χ1n) is 9.24. The maximum absolute atomic E-state index is 12.5. The Morgan fingerprint density at radius 1 is 1.43 bits per heavy atom. The van der Waals surface area contributed by atoms with E-state index in [0.29, 0.717) is 35.9 Å². The van der Waals surface area contributed by atoms with Gasteiger partial charge >= 0.3 is 0 Å². The summed E-state index contributed by atoms with van der Waals surface area (Å²) in [5.74, 6) is 0.443. The molecule has 2 bridgehead atoms. The van der Waals surface area contributed by atoms with Crippen LogP contribution in [-0.4, -0.2) is 40.2 Å². The van der Waals surface area contributed by atoms with Crippen LogP contribution in [0.3, 0.4) is 0 Å². The van der Waals surface area contributed by atoms with Crippen molar-refractivity contribution < 1.29 is 14.6 Å². The summed E-state index contributed by atoms with van der Waals surface area (Å²) < 4.78 is 5.79. The molecule has 4 rings (SSSR count). The molecule has 2 fully saturated rings. The monoisotopic (exact) mass is 380 g/mol. The van der Waals surface area contributed by atoms with Gasteiger partial charge in [0.2, 0.25) is 5.91 Å². The van der Waals surface area contributed by atoms with Crippen LogP contribution in [0.5, 0.6) is 5.75 Å². The molecule has 0 radical (unpaired) electrons. The van der Waals surface area contributed by atoms with E-state index in [1.807, 2.05) is 11.0 Å². The molecule has 2 unspecified atom stereocenters. The molecule has 0 saturated carbocycles. The number of ether oxygens (including phenoxy) is 1. The fourth-order valence-corrected chi connectivity index (χ4v) is 4.32. The molecule has 2 aromatic rings. The third kappa shape index (κ3) is 2.75. The largest absolute Gasteiger partial charge is 0.507 e. The number of aromatic nitrogens is 1. The number of aromatic hydroxyl groups is 1. The van der Waals surface area contributed by atoms with Crippen molar-refractivity contribution in [3.8, 4) is 5.75 Å².